The Morgan fingerprint density at radius 1 is 1.00 bits per heavy atom. The molecule has 29 heavy (non-hydrogen) atoms. The zero-order valence-electron chi connectivity index (χ0n) is 17.1. The van der Waals surface area contributed by atoms with Gasteiger partial charge in [-0.3, -0.25) is 4.79 Å². The molecule has 6 heteroatoms. The molecule has 3 rings (SSSR count). The predicted octanol–water partition coefficient (Wildman–Crippen LogP) is 3.74. The molecule has 0 bridgehead atoms. The van der Waals surface area contributed by atoms with E-state index >= 15 is 0 Å². The normalized spacial score (nSPS) is 10.8. The Morgan fingerprint density at radius 2 is 1.72 bits per heavy atom. The van der Waals surface area contributed by atoms with Crippen molar-refractivity contribution in [1.82, 2.24) is 20.2 Å². The number of carbonyl (C=O) groups excluding carboxylic acids is 1. The number of aryl methyl sites for hydroxylation is 1. The van der Waals surface area contributed by atoms with E-state index in [4.69, 9.17) is 0 Å². The van der Waals surface area contributed by atoms with Crippen molar-refractivity contribution in [2.75, 3.05) is 32.5 Å². The molecule has 0 saturated heterocycles. The Kier molecular flexibility index (Phi) is 6.92. The van der Waals surface area contributed by atoms with Gasteiger partial charge in [0, 0.05) is 30.4 Å². The maximum atomic E-state index is 12.7. The molecule has 1 aromatic heterocycles. The lowest BCUT2D eigenvalue weighted by atomic mass is 10.1. The first-order chi connectivity index (χ1) is 14.1. The highest BCUT2D eigenvalue weighted by Crippen LogP contribution is 2.23. The lowest BCUT2D eigenvalue weighted by Gasteiger charge is -2.13. The SMILES string of the molecule is CCc1ccccc1Nc1cc(C(=O)NCCN(C)C)nc(-c2ccccc2)n1. The van der Waals surface area contributed by atoms with Gasteiger partial charge in [-0.2, -0.15) is 0 Å². The first-order valence-corrected chi connectivity index (χ1v) is 9.79. The van der Waals surface area contributed by atoms with Gasteiger partial charge in [-0.25, -0.2) is 9.97 Å². The highest BCUT2D eigenvalue weighted by Gasteiger charge is 2.14. The van der Waals surface area contributed by atoms with E-state index < -0.39 is 0 Å². The molecule has 0 spiro atoms. The van der Waals surface area contributed by atoms with Crippen molar-refractivity contribution in [2.24, 2.45) is 0 Å². The first-order valence-electron chi connectivity index (χ1n) is 9.79. The number of para-hydroxylation sites is 1. The second-order valence-electron chi connectivity index (χ2n) is 7.02. The van der Waals surface area contributed by atoms with E-state index in [0.717, 1.165) is 24.2 Å². The summed E-state index contributed by atoms with van der Waals surface area (Å²) in [7, 11) is 3.94. The van der Waals surface area contributed by atoms with Crippen LogP contribution in [0.2, 0.25) is 0 Å². The average molecular weight is 390 g/mol. The van der Waals surface area contributed by atoms with E-state index in [1.165, 1.54) is 5.56 Å². The lowest BCUT2D eigenvalue weighted by molar-refractivity contribution is 0.0946. The van der Waals surface area contributed by atoms with Gasteiger partial charge in [-0.05, 0) is 32.1 Å². The van der Waals surface area contributed by atoms with Crippen molar-refractivity contribution in [3.63, 3.8) is 0 Å². The molecule has 150 valence electrons. The number of nitrogens with one attached hydrogen (secondary N) is 2. The summed E-state index contributed by atoms with van der Waals surface area (Å²) in [6, 6.07) is 19.5. The molecule has 0 atom stereocenters. The van der Waals surface area contributed by atoms with Crippen molar-refractivity contribution in [3.05, 3.63) is 71.9 Å². The summed E-state index contributed by atoms with van der Waals surface area (Å²) in [5.74, 6) is 0.901. The molecule has 0 aliphatic heterocycles. The maximum absolute atomic E-state index is 12.7. The number of anilines is 2. The fourth-order valence-corrected chi connectivity index (χ4v) is 2.92. The molecule has 0 aliphatic rings. The molecule has 2 aromatic carbocycles. The van der Waals surface area contributed by atoms with Gasteiger partial charge in [0.25, 0.3) is 5.91 Å². The summed E-state index contributed by atoms with van der Waals surface area (Å²) in [5.41, 5.74) is 3.37. The third-order valence-corrected chi connectivity index (χ3v) is 4.50. The van der Waals surface area contributed by atoms with Gasteiger partial charge in [0.05, 0.1) is 0 Å². The number of amides is 1. The number of likely N-dealkylation sites (N-methyl/N-ethyl adjacent to an activating group) is 1. The van der Waals surface area contributed by atoms with Crippen LogP contribution in [0.25, 0.3) is 11.4 Å². The maximum Gasteiger partial charge on any atom is 0.270 e. The van der Waals surface area contributed by atoms with E-state index in [9.17, 15) is 4.79 Å². The molecule has 0 unspecified atom stereocenters. The molecule has 1 heterocycles. The Labute approximate surface area is 172 Å². The minimum Gasteiger partial charge on any atom is -0.349 e. The van der Waals surface area contributed by atoms with Gasteiger partial charge in [0.1, 0.15) is 11.5 Å². The van der Waals surface area contributed by atoms with Crippen molar-refractivity contribution in [3.8, 4) is 11.4 Å². The summed E-state index contributed by atoms with van der Waals surface area (Å²) >= 11 is 0. The van der Waals surface area contributed by atoms with Crippen LogP contribution in [0.15, 0.2) is 60.7 Å². The first kappa shape index (κ1) is 20.5. The van der Waals surface area contributed by atoms with Crippen LogP contribution in [-0.2, 0) is 6.42 Å². The Hall–Kier alpha value is -3.25. The van der Waals surface area contributed by atoms with Crippen LogP contribution < -0.4 is 10.6 Å². The van der Waals surface area contributed by atoms with E-state index in [-0.39, 0.29) is 5.91 Å². The fraction of sp³-hybridized carbons (Fsp3) is 0.261. The van der Waals surface area contributed by atoms with Gasteiger partial charge in [-0.15, -0.1) is 0 Å². The number of carbonyl (C=O) groups is 1. The minimum absolute atomic E-state index is 0.210. The Morgan fingerprint density at radius 3 is 2.45 bits per heavy atom. The Bertz CT molecular complexity index is 956. The third kappa shape index (κ3) is 5.62. The van der Waals surface area contributed by atoms with Crippen LogP contribution in [0.1, 0.15) is 23.0 Å². The molecular weight excluding hydrogens is 362 g/mol. The van der Waals surface area contributed by atoms with E-state index in [1.807, 2.05) is 67.5 Å². The molecule has 1 amide bonds. The monoisotopic (exact) mass is 389 g/mol. The zero-order valence-corrected chi connectivity index (χ0v) is 17.1. The summed E-state index contributed by atoms with van der Waals surface area (Å²) in [6.07, 6.45) is 0.900. The predicted molar refractivity (Wildman–Crippen MR) is 117 cm³/mol. The van der Waals surface area contributed by atoms with E-state index in [0.29, 0.717) is 23.9 Å². The largest absolute Gasteiger partial charge is 0.349 e. The number of rotatable bonds is 8. The summed E-state index contributed by atoms with van der Waals surface area (Å²) in [6.45, 7) is 3.43. The van der Waals surface area contributed by atoms with E-state index in [1.54, 1.807) is 6.07 Å². The van der Waals surface area contributed by atoms with Gasteiger partial charge < -0.3 is 15.5 Å². The highest BCUT2D eigenvalue weighted by molar-refractivity contribution is 5.93. The van der Waals surface area contributed by atoms with Gasteiger partial charge in [0.15, 0.2) is 5.82 Å². The van der Waals surface area contributed by atoms with Crippen LogP contribution in [0, 0.1) is 0 Å². The molecule has 3 aromatic rings. The number of benzene rings is 2. The van der Waals surface area contributed by atoms with Crippen LogP contribution >= 0.6 is 0 Å². The summed E-state index contributed by atoms with van der Waals surface area (Å²) in [4.78, 5) is 23.9. The summed E-state index contributed by atoms with van der Waals surface area (Å²) in [5, 5.41) is 6.29. The van der Waals surface area contributed by atoms with Crippen LogP contribution in [0.5, 0.6) is 0 Å². The third-order valence-electron chi connectivity index (χ3n) is 4.50. The van der Waals surface area contributed by atoms with Crippen molar-refractivity contribution < 1.29 is 4.79 Å². The Balaban J connectivity index is 1.93. The van der Waals surface area contributed by atoms with Gasteiger partial charge in [0.2, 0.25) is 0 Å². The topological polar surface area (TPSA) is 70.2 Å². The zero-order chi connectivity index (χ0) is 20.6. The van der Waals surface area contributed by atoms with Crippen molar-refractivity contribution >= 4 is 17.4 Å². The highest BCUT2D eigenvalue weighted by atomic mass is 16.1. The van der Waals surface area contributed by atoms with E-state index in [2.05, 4.69) is 33.6 Å². The average Bonchev–Trinajstić information content (AvgIpc) is 2.74. The molecule has 0 aliphatic carbocycles. The molecule has 2 N–H and O–H groups in total. The minimum atomic E-state index is -0.210. The van der Waals surface area contributed by atoms with Gasteiger partial charge >= 0.3 is 0 Å². The van der Waals surface area contributed by atoms with Crippen LogP contribution in [-0.4, -0.2) is 48.0 Å². The second kappa shape index (κ2) is 9.80. The molecule has 6 nitrogen and oxygen atoms in total. The standard InChI is InChI=1S/C23H27N5O/c1-4-17-10-8-9-13-19(17)25-21-16-20(23(29)24-14-15-28(2)3)26-22(27-21)18-11-6-5-7-12-18/h5-13,16H,4,14-15H2,1-3H3,(H,24,29)(H,25,26,27). The number of hydrogen-bond donors (Lipinski definition) is 2. The number of nitrogens with zero attached hydrogens (tertiary/aromatic N) is 3. The van der Waals surface area contributed by atoms with Crippen molar-refractivity contribution in [1.29, 1.82) is 0 Å². The molecule has 0 saturated carbocycles. The summed E-state index contributed by atoms with van der Waals surface area (Å²) < 4.78 is 0. The van der Waals surface area contributed by atoms with Crippen LogP contribution in [0.4, 0.5) is 11.5 Å². The molecular formula is C23H27N5O. The quantitative estimate of drug-likeness (QED) is 0.614. The van der Waals surface area contributed by atoms with Gasteiger partial charge in [-0.1, -0.05) is 55.5 Å². The lowest BCUT2D eigenvalue weighted by Crippen LogP contribution is -2.32. The smallest absolute Gasteiger partial charge is 0.270 e. The molecule has 0 fully saturated rings. The molecule has 0 radical (unpaired) electrons. The second-order valence-corrected chi connectivity index (χ2v) is 7.02. The van der Waals surface area contributed by atoms with Crippen LogP contribution in [0.3, 0.4) is 0 Å². The number of aromatic nitrogens is 2. The fourth-order valence-electron chi connectivity index (χ4n) is 2.92. The number of hydrogen-bond acceptors (Lipinski definition) is 5. The van der Waals surface area contributed by atoms with Crippen molar-refractivity contribution in [2.45, 2.75) is 13.3 Å².